The summed E-state index contributed by atoms with van der Waals surface area (Å²) < 4.78 is 31.2. The van der Waals surface area contributed by atoms with Crippen LogP contribution < -0.4 is 15.5 Å². The van der Waals surface area contributed by atoms with Gasteiger partial charge in [-0.3, -0.25) is 14.5 Å². The second-order valence-corrected chi connectivity index (χ2v) is 14.0. The minimum absolute atomic E-state index is 0.0513. The van der Waals surface area contributed by atoms with Crippen molar-refractivity contribution >= 4 is 40.0 Å². The molecule has 0 bridgehead atoms. The van der Waals surface area contributed by atoms with Crippen LogP contribution in [0.15, 0.2) is 42.7 Å². The Morgan fingerprint density at radius 3 is 2.55 bits per heavy atom. The van der Waals surface area contributed by atoms with Gasteiger partial charge in [0.25, 0.3) is 5.91 Å². The summed E-state index contributed by atoms with van der Waals surface area (Å²) in [7, 11) is 1.54. The molecule has 0 radical (unpaired) electrons. The van der Waals surface area contributed by atoms with Crippen LogP contribution >= 0.6 is 0 Å². The molecule has 2 aliphatic heterocycles. The van der Waals surface area contributed by atoms with Crippen molar-refractivity contribution < 1.29 is 18.4 Å². The molecule has 2 aromatic heterocycles. The Balaban J connectivity index is 1.28. The first-order valence-corrected chi connectivity index (χ1v) is 16.4. The van der Waals surface area contributed by atoms with Gasteiger partial charge in [0.05, 0.1) is 28.6 Å². The van der Waals surface area contributed by atoms with E-state index in [0.29, 0.717) is 52.7 Å². The number of nitrogens with one attached hydrogen (secondary N) is 2. The number of anilines is 3. The molecule has 4 heterocycles. The number of halogens is 2. The monoisotopic (exact) mass is 641 g/mol. The molecule has 1 saturated carbocycles. The average molecular weight is 642 g/mol. The standard InChI is InChI=1S/C36H41F2N7O2/c1-19(2)44-18-40-30-16-28(41-33(32(30)44)42-29-15-25(34(46)39-6)20(3)11-27(29)38)21-7-8-26-31(12-21)45(35(47)36(26,4)5)24-13-23(14-24)43-10-9-22(37)17-43/h7-8,11-12,15-16,18-19,22-24H,9-10,13-14,17H2,1-6H3,(H,39,46)(H,41,42)/t22-,23-,24+/m1/s1. The zero-order chi connectivity index (χ0) is 33.4. The normalized spacial score (nSPS) is 22.2. The lowest BCUT2D eigenvalue weighted by Crippen LogP contribution is -2.55. The van der Waals surface area contributed by atoms with E-state index >= 15 is 4.39 Å². The molecule has 1 saturated heterocycles. The van der Waals surface area contributed by atoms with Crippen molar-refractivity contribution in [2.75, 3.05) is 30.4 Å². The number of pyridine rings is 1. The summed E-state index contributed by atoms with van der Waals surface area (Å²) in [5.41, 5.74) is 4.97. The van der Waals surface area contributed by atoms with Gasteiger partial charge in [0.1, 0.15) is 17.5 Å². The van der Waals surface area contributed by atoms with E-state index in [0.717, 1.165) is 36.2 Å². The summed E-state index contributed by atoms with van der Waals surface area (Å²) >= 11 is 0. The fraction of sp³-hybridized carbons (Fsp3) is 0.444. The molecule has 0 spiro atoms. The summed E-state index contributed by atoms with van der Waals surface area (Å²) in [4.78, 5) is 40.2. The number of rotatable bonds is 7. The van der Waals surface area contributed by atoms with E-state index in [4.69, 9.17) is 4.98 Å². The highest BCUT2D eigenvalue weighted by atomic mass is 19.1. The molecule has 2 fully saturated rings. The molecule has 2 amide bonds. The van der Waals surface area contributed by atoms with E-state index in [-0.39, 0.29) is 29.6 Å². The van der Waals surface area contributed by atoms with Crippen LogP contribution in [0, 0.1) is 12.7 Å². The van der Waals surface area contributed by atoms with Gasteiger partial charge >= 0.3 is 0 Å². The second kappa shape index (κ2) is 11.4. The van der Waals surface area contributed by atoms with Gasteiger partial charge in [-0.15, -0.1) is 0 Å². The van der Waals surface area contributed by atoms with Crippen LogP contribution in [0.4, 0.5) is 26.0 Å². The highest BCUT2D eigenvalue weighted by Gasteiger charge is 2.50. The topological polar surface area (TPSA) is 95.4 Å². The Morgan fingerprint density at radius 2 is 1.87 bits per heavy atom. The lowest BCUT2D eigenvalue weighted by atomic mass is 9.83. The molecule has 9 nitrogen and oxygen atoms in total. The van der Waals surface area contributed by atoms with Gasteiger partial charge in [0.2, 0.25) is 5.91 Å². The molecule has 3 aliphatic rings. The number of aryl methyl sites for hydroxylation is 1. The predicted octanol–water partition coefficient (Wildman–Crippen LogP) is 6.43. The van der Waals surface area contributed by atoms with Gasteiger partial charge < -0.3 is 20.1 Å². The molecule has 47 heavy (non-hydrogen) atoms. The average Bonchev–Trinajstić information content (AvgIpc) is 3.69. The smallest absolute Gasteiger partial charge is 0.251 e. The summed E-state index contributed by atoms with van der Waals surface area (Å²) in [6.07, 6.45) is 3.21. The zero-order valence-corrected chi connectivity index (χ0v) is 27.7. The Labute approximate surface area is 273 Å². The van der Waals surface area contributed by atoms with Crippen molar-refractivity contribution in [2.45, 2.75) is 83.6 Å². The van der Waals surface area contributed by atoms with Crippen molar-refractivity contribution in [3.8, 4) is 11.3 Å². The first-order chi connectivity index (χ1) is 22.4. The van der Waals surface area contributed by atoms with E-state index in [9.17, 15) is 14.0 Å². The second-order valence-electron chi connectivity index (χ2n) is 14.0. The third kappa shape index (κ3) is 5.15. The highest BCUT2D eigenvalue weighted by molar-refractivity contribution is 6.09. The molecule has 1 atom stereocenters. The van der Waals surface area contributed by atoms with Gasteiger partial charge in [-0.1, -0.05) is 12.1 Å². The number of amides is 2. The number of hydrogen-bond acceptors (Lipinski definition) is 6. The van der Waals surface area contributed by atoms with Gasteiger partial charge in [0, 0.05) is 55.1 Å². The summed E-state index contributed by atoms with van der Waals surface area (Å²) in [5.74, 6) is -0.341. The molecule has 2 aromatic carbocycles. The Bertz CT molecular complexity index is 1910. The molecule has 0 unspecified atom stereocenters. The molecule has 1 aliphatic carbocycles. The fourth-order valence-electron chi connectivity index (χ4n) is 7.41. The molecular formula is C36H41F2N7O2. The van der Waals surface area contributed by atoms with Crippen LogP contribution in [0.5, 0.6) is 0 Å². The SMILES string of the molecule is CNC(=O)c1cc(Nc2nc(-c3ccc4c(c3)N([C@H]3C[C@@H](N5CC[C@@H](F)C5)C3)C(=O)C4(C)C)cc3ncn(C(C)C)c23)c(F)cc1C. The zero-order valence-electron chi connectivity index (χ0n) is 27.7. The van der Waals surface area contributed by atoms with Crippen LogP contribution in [-0.2, 0) is 10.2 Å². The Kier molecular flexibility index (Phi) is 7.57. The summed E-state index contributed by atoms with van der Waals surface area (Å²) in [6, 6.07) is 11.2. The highest BCUT2D eigenvalue weighted by Crippen LogP contribution is 2.48. The van der Waals surface area contributed by atoms with E-state index < -0.39 is 17.4 Å². The van der Waals surface area contributed by atoms with E-state index in [2.05, 4.69) is 20.5 Å². The maximum Gasteiger partial charge on any atom is 0.251 e. The number of nitrogens with zero attached hydrogens (tertiary/aromatic N) is 5. The van der Waals surface area contributed by atoms with E-state index in [1.54, 1.807) is 13.3 Å². The number of imidazole rings is 1. The first-order valence-electron chi connectivity index (χ1n) is 16.4. The van der Waals surface area contributed by atoms with Gasteiger partial charge in [-0.25, -0.2) is 18.7 Å². The number of alkyl halides is 1. The molecule has 4 aromatic rings. The number of benzene rings is 2. The quantitative estimate of drug-likeness (QED) is 0.242. The van der Waals surface area contributed by atoms with Crippen molar-refractivity contribution in [2.24, 2.45) is 0 Å². The molecular weight excluding hydrogens is 600 g/mol. The summed E-state index contributed by atoms with van der Waals surface area (Å²) in [6.45, 7) is 10.9. The van der Waals surface area contributed by atoms with Crippen LogP contribution in [0.3, 0.4) is 0 Å². The number of carbonyl (C=O) groups is 2. The Morgan fingerprint density at radius 1 is 1.11 bits per heavy atom. The Hall–Kier alpha value is -4.38. The minimum atomic E-state index is -0.763. The summed E-state index contributed by atoms with van der Waals surface area (Å²) in [5, 5.41) is 5.80. The van der Waals surface area contributed by atoms with Crippen LogP contribution in [-0.4, -0.2) is 69.6 Å². The number of aromatic nitrogens is 3. The molecule has 246 valence electrons. The fourth-order valence-corrected chi connectivity index (χ4v) is 7.41. The molecule has 11 heteroatoms. The third-order valence-corrected chi connectivity index (χ3v) is 10.3. The van der Waals surface area contributed by atoms with Crippen LogP contribution in [0.2, 0.25) is 0 Å². The number of hydrogen-bond donors (Lipinski definition) is 2. The van der Waals surface area contributed by atoms with E-state index in [1.807, 2.05) is 61.4 Å². The molecule has 7 rings (SSSR count). The first kappa shape index (κ1) is 31.2. The van der Waals surface area contributed by atoms with Gasteiger partial charge in [0.15, 0.2) is 5.82 Å². The van der Waals surface area contributed by atoms with Gasteiger partial charge in [-0.2, -0.15) is 0 Å². The van der Waals surface area contributed by atoms with E-state index in [1.165, 1.54) is 19.2 Å². The van der Waals surface area contributed by atoms with Crippen molar-refractivity contribution in [1.29, 1.82) is 0 Å². The lowest BCUT2D eigenvalue weighted by Gasteiger charge is -2.45. The minimum Gasteiger partial charge on any atom is -0.355 e. The maximum absolute atomic E-state index is 15.4. The third-order valence-electron chi connectivity index (χ3n) is 10.3. The van der Waals surface area contributed by atoms with Gasteiger partial charge in [-0.05, 0) is 89.3 Å². The predicted molar refractivity (Wildman–Crippen MR) is 180 cm³/mol. The lowest BCUT2D eigenvalue weighted by molar-refractivity contribution is -0.123. The number of fused-ring (bicyclic) bond motifs is 2. The maximum atomic E-state index is 15.4. The van der Waals surface area contributed by atoms with Crippen molar-refractivity contribution in [3.05, 3.63) is 65.2 Å². The van der Waals surface area contributed by atoms with Crippen LogP contribution in [0.1, 0.15) is 74.5 Å². The van der Waals surface area contributed by atoms with Crippen molar-refractivity contribution in [1.82, 2.24) is 24.8 Å². The molecule has 2 N–H and O–H groups in total. The number of likely N-dealkylation sites (tertiary alicyclic amines) is 1. The largest absolute Gasteiger partial charge is 0.355 e. The number of carbonyl (C=O) groups excluding carboxylic acids is 2. The van der Waals surface area contributed by atoms with Crippen LogP contribution in [0.25, 0.3) is 22.3 Å². The van der Waals surface area contributed by atoms with Crippen molar-refractivity contribution in [3.63, 3.8) is 0 Å².